The van der Waals surface area contributed by atoms with Gasteiger partial charge in [0.25, 0.3) is 5.91 Å². The Hall–Kier alpha value is -1.38. The third-order valence-corrected chi connectivity index (χ3v) is 3.26. The highest BCUT2D eigenvalue weighted by molar-refractivity contribution is 5.94. The van der Waals surface area contributed by atoms with E-state index in [1.54, 1.807) is 17.0 Å². The lowest BCUT2D eigenvalue weighted by molar-refractivity contribution is 0.0734. The standard InChI is InChI=1S/C13H16FNO/c1-15(12-7-2-3-8-12)13(16)10-5-4-6-11(14)9-10/h4-6,9,12H,2-3,7-8H2,1H3. The number of benzene rings is 1. The van der Waals surface area contributed by atoms with Crippen molar-refractivity contribution in [2.24, 2.45) is 0 Å². The average Bonchev–Trinajstić information content (AvgIpc) is 2.80. The van der Waals surface area contributed by atoms with Crippen LogP contribution in [-0.2, 0) is 0 Å². The van der Waals surface area contributed by atoms with Crippen LogP contribution in [0.1, 0.15) is 36.0 Å². The minimum atomic E-state index is -0.356. The predicted molar refractivity (Wildman–Crippen MR) is 60.7 cm³/mol. The van der Waals surface area contributed by atoms with Crippen LogP contribution in [0.4, 0.5) is 4.39 Å². The summed E-state index contributed by atoms with van der Waals surface area (Å²) in [4.78, 5) is 13.8. The molecule has 2 rings (SSSR count). The van der Waals surface area contributed by atoms with Crippen molar-refractivity contribution >= 4 is 5.91 Å². The highest BCUT2D eigenvalue weighted by Gasteiger charge is 2.24. The number of hydrogen-bond acceptors (Lipinski definition) is 1. The van der Waals surface area contributed by atoms with Crippen molar-refractivity contribution in [2.75, 3.05) is 7.05 Å². The zero-order valence-electron chi connectivity index (χ0n) is 9.45. The Morgan fingerprint density at radius 2 is 2.06 bits per heavy atom. The van der Waals surface area contributed by atoms with Gasteiger partial charge in [-0.15, -0.1) is 0 Å². The van der Waals surface area contributed by atoms with Gasteiger partial charge in [0, 0.05) is 18.7 Å². The number of halogens is 1. The Labute approximate surface area is 95.1 Å². The molecular formula is C13H16FNO. The summed E-state index contributed by atoms with van der Waals surface area (Å²) in [7, 11) is 1.81. The van der Waals surface area contributed by atoms with Crippen molar-refractivity contribution in [3.05, 3.63) is 35.6 Å². The van der Waals surface area contributed by atoms with Crippen LogP contribution in [0, 0.1) is 5.82 Å². The van der Waals surface area contributed by atoms with Gasteiger partial charge < -0.3 is 4.90 Å². The van der Waals surface area contributed by atoms with Crippen LogP contribution in [-0.4, -0.2) is 23.9 Å². The van der Waals surface area contributed by atoms with Gasteiger partial charge in [0.2, 0.25) is 0 Å². The largest absolute Gasteiger partial charge is 0.339 e. The molecule has 2 nitrogen and oxygen atoms in total. The molecule has 1 fully saturated rings. The molecule has 1 aromatic rings. The SMILES string of the molecule is CN(C(=O)c1cccc(F)c1)C1CCCC1. The van der Waals surface area contributed by atoms with Gasteiger partial charge in [-0.2, -0.15) is 0 Å². The van der Waals surface area contributed by atoms with Gasteiger partial charge in [0.05, 0.1) is 0 Å². The van der Waals surface area contributed by atoms with Crippen molar-refractivity contribution in [2.45, 2.75) is 31.7 Å². The van der Waals surface area contributed by atoms with E-state index in [0.717, 1.165) is 12.8 Å². The first-order valence-corrected chi connectivity index (χ1v) is 5.71. The molecule has 0 N–H and O–H groups in total. The number of carbonyl (C=O) groups excluding carboxylic acids is 1. The van der Waals surface area contributed by atoms with Crippen LogP contribution in [0.2, 0.25) is 0 Å². The van der Waals surface area contributed by atoms with E-state index in [0.29, 0.717) is 11.6 Å². The van der Waals surface area contributed by atoms with Gasteiger partial charge in [0.15, 0.2) is 0 Å². The highest BCUT2D eigenvalue weighted by Crippen LogP contribution is 2.23. The lowest BCUT2D eigenvalue weighted by Crippen LogP contribution is -2.35. The van der Waals surface area contributed by atoms with Crippen molar-refractivity contribution in [1.29, 1.82) is 0 Å². The van der Waals surface area contributed by atoms with E-state index in [4.69, 9.17) is 0 Å². The molecular weight excluding hydrogens is 205 g/mol. The molecule has 1 aliphatic carbocycles. The molecule has 86 valence electrons. The lowest BCUT2D eigenvalue weighted by Gasteiger charge is -2.24. The van der Waals surface area contributed by atoms with Gasteiger partial charge in [-0.1, -0.05) is 18.9 Å². The molecule has 0 heterocycles. The second-order valence-corrected chi connectivity index (χ2v) is 4.36. The molecule has 0 saturated heterocycles. The van der Waals surface area contributed by atoms with Crippen molar-refractivity contribution in [3.63, 3.8) is 0 Å². The van der Waals surface area contributed by atoms with Crippen LogP contribution in [0.5, 0.6) is 0 Å². The number of carbonyl (C=O) groups is 1. The second-order valence-electron chi connectivity index (χ2n) is 4.36. The van der Waals surface area contributed by atoms with E-state index < -0.39 is 0 Å². The quantitative estimate of drug-likeness (QED) is 0.752. The maximum atomic E-state index is 13.0. The van der Waals surface area contributed by atoms with Crippen molar-refractivity contribution in [3.8, 4) is 0 Å². The molecule has 0 radical (unpaired) electrons. The molecule has 0 aromatic heterocycles. The molecule has 0 aliphatic heterocycles. The predicted octanol–water partition coefficient (Wildman–Crippen LogP) is 2.84. The summed E-state index contributed by atoms with van der Waals surface area (Å²) < 4.78 is 13.0. The Morgan fingerprint density at radius 3 is 2.69 bits per heavy atom. The van der Waals surface area contributed by atoms with Gasteiger partial charge in [0.1, 0.15) is 5.82 Å². The van der Waals surface area contributed by atoms with Gasteiger partial charge in [-0.25, -0.2) is 4.39 Å². The summed E-state index contributed by atoms with van der Waals surface area (Å²) in [5.41, 5.74) is 0.439. The fourth-order valence-corrected chi connectivity index (χ4v) is 2.28. The highest BCUT2D eigenvalue weighted by atomic mass is 19.1. The average molecular weight is 221 g/mol. The van der Waals surface area contributed by atoms with Crippen LogP contribution in [0.15, 0.2) is 24.3 Å². The molecule has 1 aliphatic rings. The Bertz CT molecular complexity index is 385. The first-order valence-electron chi connectivity index (χ1n) is 5.71. The smallest absolute Gasteiger partial charge is 0.253 e. The third-order valence-electron chi connectivity index (χ3n) is 3.26. The molecule has 3 heteroatoms. The Balaban J connectivity index is 2.12. The monoisotopic (exact) mass is 221 g/mol. The third kappa shape index (κ3) is 2.23. The van der Waals surface area contributed by atoms with Gasteiger partial charge in [-0.3, -0.25) is 4.79 Å². The first-order chi connectivity index (χ1) is 7.68. The molecule has 1 amide bonds. The number of amides is 1. The topological polar surface area (TPSA) is 20.3 Å². The normalized spacial score (nSPS) is 16.4. The number of rotatable bonds is 2. The van der Waals surface area contributed by atoms with Crippen LogP contribution in [0.25, 0.3) is 0 Å². The number of hydrogen-bond donors (Lipinski definition) is 0. The molecule has 0 spiro atoms. The second kappa shape index (κ2) is 4.64. The zero-order chi connectivity index (χ0) is 11.5. The molecule has 0 bridgehead atoms. The molecule has 0 atom stereocenters. The zero-order valence-corrected chi connectivity index (χ0v) is 9.45. The van der Waals surface area contributed by atoms with Crippen LogP contribution in [0.3, 0.4) is 0 Å². The van der Waals surface area contributed by atoms with E-state index in [-0.39, 0.29) is 11.7 Å². The Kier molecular flexibility index (Phi) is 3.22. The fourth-order valence-electron chi connectivity index (χ4n) is 2.28. The summed E-state index contributed by atoms with van der Waals surface area (Å²) in [6.45, 7) is 0. The van der Waals surface area contributed by atoms with Crippen molar-refractivity contribution < 1.29 is 9.18 Å². The van der Waals surface area contributed by atoms with Crippen LogP contribution >= 0.6 is 0 Å². The molecule has 1 aromatic carbocycles. The summed E-state index contributed by atoms with van der Waals surface area (Å²) in [5, 5.41) is 0. The molecule has 16 heavy (non-hydrogen) atoms. The fraction of sp³-hybridized carbons (Fsp3) is 0.462. The minimum absolute atomic E-state index is 0.0774. The van der Waals surface area contributed by atoms with E-state index in [9.17, 15) is 9.18 Å². The lowest BCUT2D eigenvalue weighted by atomic mass is 10.1. The van der Waals surface area contributed by atoms with Gasteiger partial charge in [-0.05, 0) is 31.0 Å². The van der Waals surface area contributed by atoms with Crippen molar-refractivity contribution in [1.82, 2.24) is 4.90 Å². The van der Waals surface area contributed by atoms with E-state index in [1.165, 1.54) is 25.0 Å². The van der Waals surface area contributed by atoms with E-state index in [1.807, 2.05) is 7.05 Å². The summed E-state index contributed by atoms with van der Waals surface area (Å²) in [6, 6.07) is 6.22. The van der Waals surface area contributed by atoms with E-state index >= 15 is 0 Å². The van der Waals surface area contributed by atoms with E-state index in [2.05, 4.69) is 0 Å². The summed E-state index contributed by atoms with van der Waals surface area (Å²) >= 11 is 0. The van der Waals surface area contributed by atoms with Gasteiger partial charge >= 0.3 is 0 Å². The maximum Gasteiger partial charge on any atom is 0.253 e. The number of nitrogens with zero attached hydrogens (tertiary/aromatic N) is 1. The first kappa shape index (κ1) is 11.1. The minimum Gasteiger partial charge on any atom is -0.339 e. The Morgan fingerprint density at radius 1 is 1.38 bits per heavy atom. The maximum absolute atomic E-state index is 13.0. The summed E-state index contributed by atoms with van der Waals surface area (Å²) in [6.07, 6.45) is 4.51. The van der Waals surface area contributed by atoms with Crippen LogP contribution < -0.4 is 0 Å². The molecule has 1 saturated carbocycles. The molecule has 0 unspecified atom stereocenters. The summed E-state index contributed by atoms with van der Waals surface area (Å²) in [5.74, 6) is -0.433.